The Kier molecular flexibility index (Phi) is 5.47. The molecule has 0 amide bonds. The van der Waals surface area contributed by atoms with Gasteiger partial charge in [-0.3, -0.25) is 4.90 Å². The van der Waals surface area contributed by atoms with Crippen LogP contribution in [0.5, 0.6) is 0 Å². The maximum atomic E-state index is 13.1. The first-order chi connectivity index (χ1) is 13.3. The largest absolute Gasteiger partial charge is 0.369 e. The third-order valence-corrected chi connectivity index (χ3v) is 11.2. The molecule has 2 aliphatic rings. The third-order valence-electron chi connectivity index (χ3n) is 5.40. The van der Waals surface area contributed by atoms with E-state index in [1.54, 1.807) is 17.5 Å². The number of nitrogens with zero attached hydrogens (tertiary/aromatic N) is 2. The highest BCUT2D eigenvalue weighted by atomic mass is 35.5. The number of hydrogen-bond donors (Lipinski definition) is 0. The lowest BCUT2D eigenvalue weighted by Gasteiger charge is -2.40. The van der Waals surface area contributed by atoms with Gasteiger partial charge in [-0.05, 0) is 29.6 Å². The van der Waals surface area contributed by atoms with Gasteiger partial charge in [0.1, 0.15) is 4.21 Å². The minimum atomic E-state index is -3.67. The van der Waals surface area contributed by atoms with Gasteiger partial charge in [-0.25, -0.2) is 16.8 Å². The molecule has 0 bridgehead atoms. The molecule has 4 rings (SSSR count). The minimum Gasteiger partial charge on any atom is -0.369 e. The van der Waals surface area contributed by atoms with Crippen molar-refractivity contribution in [3.63, 3.8) is 0 Å². The smallest absolute Gasteiger partial charge is 0.193 e. The molecule has 2 fully saturated rings. The summed E-state index contributed by atoms with van der Waals surface area (Å²) in [5.74, 6) is -0.397. The molecule has 1 aromatic heterocycles. The third kappa shape index (κ3) is 3.95. The highest BCUT2D eigenvalue weighted by molar-refractivity contribution is 7.97. The number of rotatable bonds is 4. The minimum absolute atomic E-state index is 0.0978. The van der Waals surface area contributed by atoms with Gasteiger partial charge in [-0.1, -0.05) is 23.7 Å². The Balaban J connectivity index is 1.53. The Labute approximate surface area is 174 Å². The fourth-order valence-corrected chi connectivity index (χ4v) is 10.2. The lowest BCUT2D eigenvalue weighted by atomic mass is 10.1. The van der Waals surface area contributed by atoms with Gasteiger partial charge < -0.3 is 4.90 Å². The Morgan fingerprint density at radius 1 is 1.04 bits per heavy atom. The predicted octanol–water partition coefficient (Wildman–Crippen LogP) is 2.16. The number of halogens is 1. The van der Waals surface area contributed by atoms with E-state index in [2.05, 4.69) is 4.90 Å². The van der Waals surface area contributed by atoms with Crippen molar-refractivity contribution < 1.29 is 16.8 Å². The van der Waals surface area contributed by atoms with Crippen LogP contribution in [0.4, 0.5) is 5.69 Å². The second-order valence-corrected chi connectivity index (χ2v) is 13.1. The number of thiophene rings is 1. The number of piperazine rings is 1. The van der Waals surface area contributed by atoms with Gasteiger partial charge >= 0.3 is 0 Å². The number of sulfone groups is 2. The Bertz CT molecular complexity index is 1050. The van der Waals surface area contributed by atoms with E-state index in [0.717, 1.165) is 17.0 Å². The second-order valence-electron chi connectivity index (χ2n) is 7.16. The van der Waals surface area contributed by atoms with Gasteiger partial charge in [0.15, 0.2) is 19.7 Å². The van der Waals surface area contributed by atoms with E-state index in [4.69, 9.17) is 11.6 Å². The van der Waals surface area contributed by atoms with Crippen LogP contribution in [0, 0.1) is 0 Å². The van der Waals surface area contributed by atoms with Gasteiger partial charge in [0.05, 0.1) is 16.8 Å². The molecule has 10 heteroatoms. The van der Waals surface area contributed by atoms with E-state index in [9.17, 15) is 16.8 Å². The number of anilines is 1. The maximum absolute atomic E-state index is 13.1. The summed E-state index contributed by atoms with van der Waals surface area (Å²) in [5.41, 5.74) is 1.02. The van der Waals surface area contributed by atoms with Crippen LogP contribution < -0.4 is 4.90 Å². The average molecular weight is 461 g/mol. The predicted molar refractivity (Wildman–Crippen MR) is 113 cm³/mol. The van der Waals surface area contributed by atoms with Gasteiger partial charge in [0.25, 0.3) is 0 Å². The molecule has 2 unspecified atom stereocenters. The molecule has 3 heterocycles. The Hall–Kier alpha value is -1.13. The topological polar surface area (TPSA) is 74.8 Å². The molecule has 0 saturated carbocycles. The Morgan fingerprint density at radius 3 is 2.43 bits per heavy atom. The summed E-state index contributed by atoms with van der Waals surface area (Å²) in [5, 5.41) is 1.47. The van der Waals surface area contributed by atoms with Crippen molar-refractivity contribution in [1.82, 2.24) is 4.90 Å². The van der Waals surface area contributed by atoms with Crippen LogP contribution in [0.25, 0.3) is 0 Å². The molecule has 28 heavy (non-hydrogen) atoms. The summed E-state index contributed by atoms with van der Waals surface area (Å²) in [6.07, 6.45) is 0. The summed E-state index contributed by atoms with van der Waals surface area (Å²) >= 11 is 7.22. The standard InChI is InChI=1S/C18H21ClN2O4S3/c19-14-3-1-4-15(11-14)20-6-8-21(9-7-20)16-12-27(22,23)13-17(16)28(24,25)18-5-2-10-26-18/h1-5,10-11,16-17H,6-9,12-13H2. The SMILES string of the molecule is O=S1(=O)CC(N2CCN(c3cccc(Cl)c3)CC2)C(S(=O)(=O)c2cccs2)C1. The van der Waals surface area contributed by atoms with Gasteiger partial charge in [-0.15, -0.1) is 11.3 Å². The molecule has 2 atom stereocenters. The summed E-state index contributed by atoms with van der Waals surface area (Å²) in [7, 11) is -7.06. The number of benzene rings is 1. The van der Waals surface area contributed by atoms with E-state index in [-0.39, 0.29) is 15.7 Å². The fraction of sp³-hybridized carbons (Fsp3) is 0.444. The van der Waals surface area contributed by atoms with E-state index >= 15 is 0 Å². The average Bonchev–Trinajstić information content (AvgIpc) is 3.30. The van der Waals surface area contributed by atoms with Crippen molar-refractivity contribution >= 4 is 48.3 Å². The second kappa shape index (κ2) is 7.60. The first kappa shape index (κ1) is 20.2. The molecule has 0 N–H and O–H groups in total. The van der Waals surface area contributed by atoms with Crippen LogP contribution in [-0.4, -0.2) is 70.7 Å². The lowest BCUT2D eigenvalue weighted by Crippen LogP contribution is -2.54. The molecule has 1 aromatic carbocycles. The van der Waals surface area contributed by atoms with E-state index < -0.39 is 31.0 Å². The zero-order valence-corrected chi connectivity index (χ0v) is 18.3. The van der Waals surface area contributed by atoms with Crippen LogP contribution in [0.15, 0.2) is 46.0 Å². The summed E-state index contributed by atoms with van der Waals surface area (Å²) in [4.78, 5) is 4.22. The number of hydrogen-bond acceptors (Lipinski definition) is 7. The fourth-order valence-electron chi connectivity index (χ4n) is 3.99. The van der Waals surface area contributed by atoms with Gasteiger partial charge in [-0.2, -0.15) is 0 Å². The summed E-state index contributed by atoms with van der Waals surface area (Å²) in [6.45, 7) is 2.62. The van der Waals surface area contributed by atoms with Crippen molar-refractivity contribution in [1.29, 1.82) is 0 Å². The van der Waals surface area contributed by atoms with Crippen molar-refractivity contribution in [2.75, 3.05) is 42.6 Å². The van der Waals surface area contributed by atoms with Crippen molar-refractivity contribution in [2.45, 2.75) is 15.5 Å². The summed E-state index contributed by atoms with van der Waals surface area (Å²) < 4.78 is 51.0. The molecule has 0 aliphatic carbocycles. The van der Waals surface area contributed by atoms with Gasteiger partial charge in [0.2, 0.25) is 0 Å². The van der Waals surface area contributed by atoms with E-state index in [0.29, 0.717) is 31.2 Å². The van der Waals surface area contributed by atoms with E-state index in [1.807, 2.05) is 29.2 Å². The molecular formula is C18H21ClN2O4S3. The van der Waals surface area contributed by atoms with Crippen LogP contribution >= 0.6 is 22.9 Å². The first-order valence-electron chi connectivity index (χ1n) is 8.99. The van der Waals surface area contributed by atoms with Crippen LogP contribution in [0.3, 0.4) is 0 Å². The van der Waals surface area contributed by atoms with E-state index in [1.165, 1.54) is 0 Å². The van der Waals surface area contributed by atoms with Crippen molar-refractivity contribution in [3.8, 4) is 0 Å². The molecular weight excluding hydrogens is 440 g/mol. The zero-order chi connectivity index (χ0) is 19.9. The normalized spacial score (nSPS) is 25.8. The van der Waals surface area contributed by atoms with Crippen molar-refractivity contribution in [3.05, 3.63) is 46.8 Å². The van der Waals surface area contributed by atoms with Crippen LogP contribution in [0.2, 0.25) is 5.02 Å². The Morgan fingerprint density at radius 2 is 1.79 bits per heavy atom. The summed E-state index contributed by atoms with van der Waals surface area (Å²) in [6, 6.07) is 10.4. The maximum Gasteiger partial charge on any atom is 0.193 e. The van der Waals surface area contributed by atoms with Crippen molar-refractivity contribution in [2.24, 2.45) is 0 Å². The first-order valence-corrected chi connectivity index (χ1v) is 13.6. The zero-order valence-electron chi connectivity index (χ0n) is 15.1. The molecule has 6 nitrogen and oxygen atoms in total. The molecule has 2 saturated heterocycles. The molecule has 2 aromatic rings. The monoisotopic (exact) mass is 460 g/mol. The quantitative estimate of drug-likeness (QED) is 0.696. The molecule has 2 aliphatic heterocycles. The lowest BCUT2D eigenvalue weighted by molar-refractivity contribution is 0.202. The molecule has 0 spiro atoms. The van der Waals surface area contributed by atoms with Crippen LogP contribution in [-0.2, 0) is 19.7 Å². The van der Waals surface area contributed by atoms with Crippen LogP contribution in [0.1, 0.15) is 0 Å². The molecule has 0 radical (unpaired) electrons. The molecule has 152 valence electrons. The highest BCUT2D eigenvalue weighted by Gasteiger charge is 2.48. The highest BCUT2D eigenvalue weighted by Crippen LogP contribution is 2.32. The van der Waals surface area contributed by atoms with Gasteiger partial charge in [0, 0.05) is 42.9 Å².